The van der Waals surface area contributed by atoms with Crippen molar-refractivity contribution in [1.82, 2.24) is 15.5 Å². The van der Waals surface area contributed by atoms with Crippen molar-refractivity contribution in [1.29, 1.82) is 0 Å². The Kier molecular flexibility index (Phi) is 3.75. The Morgan fingerprint density at radius 2 is 2.05 bits per heavy atom. The van der Waals surface area contributed by atoms with E-state index in [2.05, 4.69) is 15.5 Å². The first-order valence-electron chi connectivity index (χ1n) is 7.36. The third kappa shape index (κ3) is 3.00. The maximum absolute atomic E-state index is 12.8. The van der Waals surface area contributed by atoms with Gasteiger partial charge >= 0.3 is 6.18 Å². The molecule has 0 aromatic carbocycles. The van der Waals surface area contributed by atoms with Crippen LogP contribution in [0.3, 0.4) is 0 Å². The van der Waals surface area contributed by atoms with Crippen molar-refractivity contribution >= 4 is 0 Å². The molecular weight excluding hydrogens is 267 g/mol. The molecule has 0 amide bonds. The van der Waals surface area contributed by atoms with Crippen molar-refractivity contribution in [3.8, 4) is 0 Å². The minimum Gasteiger partial charge on any atom is -0.311 e. The molecule has 0 saturated heterocycles. The van der Waals surface area contributed by atoms with E-state index in [4.69, 9.17) is 0 Å². The van der Waals surface area contributed by atoms with Crippen LogP contribution in [0.2, 0.25) is 0 Å². The summed E-state index contributed by atoms with van der Waals surface area (Å²) in [5, 5.41) is 10.5. The SMILES string of the molecule is FC(F)(F)[C@@H]1CCC[C@@H](N[C@@H]2CCc3[nH]ncc3C2)C1. The Morgan fingerprint density at radius 1 is 1.20 bits per heavy atom. The lowest BCUT2D eigenvalue weighted by Gasteiger charge is -2.34. The van der Waals surface area contributed by atoms with Gasteiger partial charge in [-0.3, -0.25) is 5.10 Å². The second-order valence-corrected chi connectivity index (χ2v) is 6.08. The van der Waals surface area contributed by atoms with Crippen LogP contribution in [0.15, 0.2) is 6.20 Å². The lowest BCUT2D eigenvalue weighted by atomic mass is 9.84. The van der Waals surface area contributed by atoms with E-state index in [0.29, 0.717) is 6.42 Å². The van der Waals surface area contributed by atoms with Crippen LogP contribution in [0.1, 0.15) is 43.4 Å². The monoisotopic (exact) mass is 287 g/mol. The summed E-state index contributed by atoms with van der Waals surface area (Å²) in [6.45, 7) is 0. The molecule has 0 radical (unpaired) electrons. The van der Waals surface area contributed by atoms with Gasteiger partial charge in [0.15, 0.2) is 0 Å². The highest BCUT2D eigenvalue weighted by atomic mass is 19.4. The van der Waals surface area contributed by atoms with Gasteiger partial charge in [0, 0.05) is 17.8 Å². The van der Waals surface area contributed by atoms with Gasteiger partial charge in [0.1, 0.15) is 0 Å². The summed E-state index contributed by atoms with van der Waals surface area (Å²) in [6.07, 6.45) is 2.64. The highest BCUT2D eigenvalue weighted by Gasteiger charge is 2.42. The Balaban J connectivity index is 1.56. The highest BCUT2D eigenvalue weighted by molar-refractivity contribution is 5.21. The number of rotatable bonds is 2. The molecule has 1 aromatic heterocycles. The molecule has 2 N–H and O–H groups in total. The minimum atomic E-state index is -4.04. The second-order valence-electron chi connectivity index (χ2n) is 6.08. The fourth-order valence-electron chi connectivity index (χ4n) is 3.53. The minimum absolute atomic E-state index is 0.00817. The number of fused-ring (bicyclic) bond motifs is 1. The van der Waals surface area contributed by atoms with E-state index in [-0.39, 0.29) is 24.9 Å². The molecule has 2 aliphatic carbocycles. The van der Waals surface area contributed by atoms with Crippen molar-refractivity contribution in [2.75, 3.05) is 0 Å². The molecule has 0 aliphatic heterocycles. The largest absolute Gasteiger partial charge is 0.391 e. The number of aromatic nitrogens is 2. The lowest BCUT2D eigenvalue weighted by molar-refractivity contribution is -0.183. The van der Waals surface area contributed by atoms with Crippen LogP contribution in [0.4, 0.5) is 13.2 Å². The molecule has 20 heavy (non-hydrogen) atoms. The summed E-state index contributed by atoms with van der Waals surface area (Å²) in [6, 6.07) is 0.297. The molecular formula is C14H20F3N3. The van der Waals surface area contributed by atoms with Crippen LogP contribution in [0.5, 0.6) is 0 Å². The van der Waals surface area contributed by atoms with Crippen LogP contribution in [0, 0.1) is 5.92 Å². The number of aryl methyl sites for hydroxylation is 1. The van der Waals surface area contributed by atoms with E-state index in [1.54, 1.807) is 0 Å². The summed E-state index contributed by atoms with van der Waals surface area (Å²) in [7, 11) is 0. The van der Waals surface area contributed by atoms with Gasteiger partial charge in [-0.2, -0.15) is 18.3 Å². The van der Waals surface area contributed by atoms with Crippen molar-refractivity contribution in [2.45, 2.75) is 63.2 Å². The number of hydrogen-bond acceptors (Lipinski definition) is 2. The summed E-state index contributed by atoms with van der Waals surface area (Å²) in [4.78, 5) is 0. The van der Waals surface area contributed by atoms with Crippen molar-refractivity contribution in [3.63, 3.8) is 0 Å². The summed E-state index contributed by atoms with van der Waals surface area (Å²) < 4.78 is 38.4. The van der Waals surface area contributed by atoms with Gasteiger partial charge in [-0.05, 0) is 44.1 Å². The van der Waals surface area contributed by atoms with Gasteiger partial charge in [-0.15, -0.1) is 0 Å². The number of hydrogen-bond donors (Lipinski definition) is 2. The zero-order valence-electron chi connectivity index (χ0n) is 11.3. The average Bonchev–Trinajstić information content (AvgIpc) is 2.85. The highest BCUT2D eigenvalue weighted by Crippen LogP contribution is 2.37. The van der Waals surface area contributed by atoms with Crippen LogP contribution >= 0.6 is 0 Å². The molecule has 112 valence electrons. The number of nitrogens with zero attached hydrogens (tertiary/aromatic N) is 1. The standard InChI is InChI=1S/C14H20F3N3/c15-14(16,17)10-2-1-3-11(7-10)19-12-4-5-13-9(6-12)8-18-20-13/h8,10-12,19H,1-7H2,(H,18,20)/t10-,11-,12-/m1/s1. The summed E-state index contributed by atoms with van der Waals surface area (Å²) >= 11 is 0. The third-order valence-electron chi connectivity index (χ3n) is 4.63. The number of aromatic amines is 1. The fraction of sp³-hybridized carbons (Fsp3) is 0.786. The first kappa shape index (κ1) is 13.9. The summed E-state index contributed by atoms with van der Waals surface area (Å²) in [5.74, 6) is -1.12. The van der Waals surface area contributed by atoms with Gasteiger partial charge in [0.2, 0.25) is 0 Å². The van der Waals surface area contributed by atoms with Gasteiger partial charge in [-0.25, -0.2) is 0 Å². The van der Waals surface area contributed by atoms with Crippen LogP contribution in [-0.2, 0) is 12.8 Å². The number of H-pyrrole nitrogens is 1. The molecule has 1 saturated carbocycles. The molecule has 6 heteroatoms. The topological polar surface area (TPSA) is 40.7 Å². The first-order chi connectivity index (χ1) is 9.52. The normalized spacial score (nSPS) is 31.1. The van der Waals surface area contributed by atoms with E-state index < -0.39 is 12.1 Å². The van der Waals surface area contributed by atoms with Crippen LogP contribution in [0.25, 0.3) is 0 Å². The smallest absolute Gasteiger partial charge is 0.311 e. The van der Waals surface area contributed by atoms with E-state index in [1.165, 1.54) is 11.3 Å². The van der Waals surface area contributed by atoms with E-state index in [0.717, 1.165) is 25.7 Å². The molecule has 3 atom stereocenters. The van der Waals surface area contributed by atoms with Crippen molar-refractivity contribution in [2.24, 2.45) is 5.92 Å². The first-order valence-corrected chi connectivity index (χ1v) is 7.36. The van der Waals surface area contributed by atoms with E-state index in [9.17, 15) is 13.2 Å². The number of nitrogens with one attached hydrogen (secondary N) is 2. The van der Waals surface area contributed by atoms with Crippen molar-refractivity contribution in [3.05, 3.63) is 17.5 Å². The summed E-state index contributed by atoms with van der Waals surface area (Å²) in [5.41, 5.74) is 2.39. The zero-order chi connectivity index (χ0) is 14.2. The molecule has 3 rings (SSSR count). The predicted octanol–water partition coefficient (Wildman–Crippen LogP) is 2.98. The average molecular weight is 287 g/mol. The Bertz CT molecular complexity index is 455. The zero-order valence-corrected chi connectivity index (χ0v) is 11.3. The Labute approximate surface area is 116 Å². The molecule has 0 unspecified atom stereocenters. The van der Waals surface area contributed by atoms with Gasteiger partial charge in [0.05, 0.1) is 12.1 Å². The van der Waals surface area contributed by atoms with Gasteiger partial charge in [0.25, 0.3) is 0 Å². The van der Waals surface area contributed by atoms with Gasteiger partial charge in [-0.1, -0.05) is 6.42 Å². The molecule has 1 fully saturated rings. The number of halogens is 3. The predicted molar refractivity (Wildman–Crippen MR) is 69.3 cm³/mol. The Morgan fingerprint density at radius 3 is 2.85 bits per heavy atom. The fourth-order valence-corrected chi connectivity index (χ4v) is 3.53. The number of alkyl halides is 3. The second kappa shape index (κ2) is 5.39. The maximum atomic E-state index is 12.8. The van der Waals surface area contributed by atoms with Gasteiger partial charge < -0.3 is 5.32 Å². The molecule has 1 aromatic rings. The molecule has 3 nitrogen and oxygen atoms in total. The Hall–Kier alpha value is -1.04. The van der Waals surface area contributed by atoms with Crippen LogP contribution in [-0.4, -0.2) is 28.5 Å². The van der Waals surface area contributed by atoms with Crippen molar-refractivity contribution < 1.29 is 13.2 Å². The molecule has 0 spiro atoms. The quantitative estimate of drug-likeness (QED) is 0.878. The van der Waals surface area contributed by atoms with E-state index >= 15 is 0 Å². The maximum Gasteiger partial charge on any atom is 0.391 e. The third-order valence-corrected chi connectivity index (χ3v) is 4.63. The van der Waals surface area contributed by atoms with Crippen LogP contribution < -0.4 is 5.32 Å². The lowest BCUT2D eigenvalue weighted by Crippen LogP contribution is -2.45. The molecule has 1 heterocycles. The molecule has 0 bridgehead atoms. The van der Waals surface area contributed by atoms with E-state index in [1.807, 2.05) is 6.20 Å². The molecule has 2 aliphatic rings.